The monoisotopic (exact) mass is 2460 g/mol. The molecule has 28 heteroatoms. The molecule has 0 amide bonds. The summed E-state index contributed by atoms with van der Waals surface area (Å²) in [7, 11) is 0. The number of nitrogens with one attached hydrogen (secondary N) is 1. The second kappa shape index (κ2) is 85.2. The van der Waals surface area contributed by atoms with Crippen molar-refractivity contribution in [3.05, 3.63) is 91.1 Å². The van der Waals surface area contributed by atoms with E-state index < -0.39 is 0 Å². The molecule has 1 unspecified atom stereocenters. The summed E-state index contributed by atoms with van der Waals surface area (Å²) in [6, 6.07) is 20.9. The molecule has 4 aromatic rings. The molecule has 0 fully saturated rings. The van der Waals surface area contributed by atoms with Gasteiger partial charge in [-0.3, -0.25) is 4.98 Å². The zero-order valence-electron chi connectivity index (χ0n) is 27.3. The average molecular weight is 2460 g/mol. The summed E-state index contributed by atoms with van der Waals surface area (Å²) >= 11 is 0. The first-order valence-electron chi connectivity index (χ1n) is 8.23. The van der Waals surface area contributed by atoms with Gasteiger partial charge in [-0.25, -0.2) is 12.5 Å². The maximum atomic E-state index is 4.75. The van der Waals surface area contributed by atoms with Crippen molar-refractivity contribution in [3.8, 4) is 0 Å². The van der Waals surface area contributed by atoms with Crippen molar-refractivity contribution >= 4 is 28.2 Å². The van der Waals surface area contributed by atoms with Crippen molar-refractivity contribution < 1.29 is 785 Å². The van der Waals surface area contributed by atoms with Gasteiger partial charge in [0.05, 0.1) is 5.52 Å². The van der Waals surface area contributed by atoms with Gasteiger partial charge in [-0.05, 0) is 10.9 Å². The minimum absolute atomic E-state index is 0. The summed E-state index contributed by atoms with van der Waals surface area (Å²) in [5.74, 6) is 0.0279. The molecular weight excluding hydrogens is 2440 g/mol. The van der Waals surface area contributed by atoms with E-state index in [0.717, 1.165) is 33.1 Å². The minimum atomic E-state index is 0. The fourth-order valence-corrected chi connectivity index (χ4v) is 3.30. The number of pyridine rings is 1. The van der Waals surface area contributed by atoms with Crippen LogP contribution in [0.25, 0.3) is 21.9 Å². The normalized spacial score (nSPS) is 8.37. The molecule has 24 radical (unpaired) electrons. The number of aromatic nitrogens is 2. The van der Waals surface area contributed by atoms with Crippen molar-refractivity contribution in [3.63, 3.8) is 0 Å². The van der Waals surface area contributed by atoms with Crippen LogP contribution in [-0.2, 0) is 785 Å². The summed E-state index contributed by atoms with van der Waals surface area (Å²) in [4.78, 5) is 4.75. The van der Waals surface area contributed by atoms with Crippen LogP contribution in [0.2, 0.25) is 0 Å². The molecule has 194 valence electrons. The molecule has 0 bridgehead atoms. The third kappa shape index (κ3) is 50.5. The average Bonchev–Trinajstić information content (AvgIpc) is 3.30. The number of hydrazone groups is 1. The zero-order valence-corrected chi connectivity index (χ0v) is 95.4. The topological polar surface area (TPSA) is 42.2 Å². The molecular formula is C21H15N4Y24-3. The second-order valence-electron chi connectivity index (χ2n) is 6.08. The van der Waals surface area contributed by atoms with Crippen molar-refractivity contribution in [1.29, 1.82) is 0 Å². The van der Waals surface area contributed by atoms with Crippen LogP contribution in [0.4, 0.5) is 0 Å². The molecule has 2 aromatic carbocycles. The van der Waals surface area contributed by atoms with Crippen LogP contribution in [-0.4, -0.2) is 15.8 Å². The quantitative estimate of drug-likeness (QED) is 0.317. The van der Waals surface area contributed by atoms with Crippen LogP contribution in [0.1, 0.15) is 17.0 Å². The SMILES string of the molecule is [C-]1=NN[CH-]C1c1cnc2c3ccccc3n([CH-]c3ccccc3)c2c1.[Y].[Y].[Y].[Y].[Y].[Y].[Y].[Y].[Y].[Y].[Y].[Y].[Y].[Y].[Y].[Y].[Y].[Y].[Y].[Y].[Y].[Y].[Y].[Y]. The smallest absolute Gasteiger partial charge is 0.0555 e. The number of hydrogen-bond acceptors (Lipinski definition) is 3. The predicted molar refractivity (Wildman–Crippen MR) is 100 cm³/mol. The van der Waals surface area contributed by atoms with Crippen LogP contribution >= 0.6 is 0 Å². The van der Waals surface area contributed by atoms with E-state index in [9.17, 15) is 0 Å². The Morgan fingerprint density at radius 2 is 0.980 bits per heavy atom. The van der Waals surface area contributed by atoms with Gasteiger partial charge in [0.2, 0.25) is 0 Å². The molecule has 1 N–H and O–H groups in total. The predicted octanol–water partition coefficient (Wildman–Crippen LogP) is 3.90. The molecule has 0 saturated carbocycles. The Morgan fingerprint density at radius 1 is 0.551 bits per heavy atom. The van der Waals surface area contributed by atoms with Gasteiger partial charge in [-0.1, -0.05) is 60.6 Å². The van der Waals surface area contributed by atoms with E-state index in [-0.39, 0.29) is 791 Å². The van der Waals surface area contributed by atoms with Gasteiger partial charge in [-0.15, -0.1) is 17.7 Å². The molecule has 0 aliphatic carbocycles. The van der Waals surface area contributed by atoms with E-state index in [0.29, 0.717) is 0 Å². The van der Waals surface area contributed by atoms with Crippen molar-refractivity contribution in [2.75, 3.05) is 0 Å². The Morgan fingerprint density at radius 3 is 1.41 bits per heavy atom. The number of fused-ring (bicyclic) bond motifs is 3. The molecule has 4 nitrogen and oxygen atoms in total. The molecule has 5 rings (SSSR count). The van der Waals surface area contributed by atoms with E-state index in [1.807, 2.05) is 30.9 Å². The third-order valence-corrected chi connectivity index (χ3v) is 4.51. The van der Waals surface area contributed by atoms with Gasteiger partial charge in [-0.2, -0.15) is 0 Å². The molecule has 0 saturated heterocycles. The van der Waals surface area contributed by atoms with Crippen LogP contribution < -0.4 is 5.43 Å². The van der Waals surface area contributed by atoms with Gasteiger partial charge in [0.25, 0.3) is 0 Å². The Hall–Kier alpha value is 23.2. The minimum Gasteiger partial charge on any atom is -0.493 e. The Labute approximate surface area is 899 Å². The Bertz CT molecular complexity index is 1130. The summed E-state index contributed by atoms with van der Waals surface area (Å²) in [5, 5.41) is 5.11. The van der Waals surface area contributed by atoms with Gasteiger partial charge in [0.1, 0.15) is 0 Å². The van der Waals surface area contributed by atoms with E-state index in [2.05, 4.69) is 70.3 Å². The van der Waals surface area contributed by atoms with Crippen LogP contribution in [0.15, 0.2) is 72.0 Å². The largest absolute Gasteiger partial charge is 0.493 e. The van der Waals surface area contributed by atoms with Crippen LogP contribution in [0.5, 0.6) is 0 Å². The number of hydrogen-bond donors (Lipinski definition) is 1. The fraction of sp³-hybridized carbons (Fsp3) is 0.0476. The fourth-order valence-electron chi connectivity index (χ4n) is 3.30. The molecule has 1 atom stereocenters. The first kappa shape index (κ1) is 134. The van der Waals surface area contributed by atoms with Crippen molar-refractivity contribution in [1.82, 2.24) is 15.0 Å². The van der Waals surface area contributed by atoms with E-state index >= 15 is 0 Å². The summed E-state index contributed by atoms with van der Waals surface area (Å²) < 4.78 is 2.22. The molecule has 1 aliphatic heterocycles. The standard InChI is InChI=1S/C21H15N4.24Y/c1-2-6-15(7-3-1)14-25-19-9-5-4-8-18(19)21-20(25)10-16(11-22-21)17-12-23-24-13-17;;;;;;;;;;;;;;;;;;;;;;;;/h1-12,14,17,23H;;;;;;;;;;;;;;;;;;;;;;;;/q-3;;;;;;;;;;;;;;;;;;;;;;;;. The first-order chi connectivity index (χ1) is 12.4. The summed E-state index contributed by atoms with van der Waals surface area (Å²) in [6.45, 7) is 4.07. The van der Waals surface area contributed by atoms with Crippen LogP contribution in [0, 0.1) is 13.1 Å². The number of para-hydroxylation sites is 1. The maximum absolute atomic E-state index is 4.75. The number of rotatable bonds is 3. The van der Waals surface area contributed by atoms with Gasteiger partial charge in [0, 0.05) is 797 Å². The maximum Gasteiger partial charge on any atom is 0.0555 e. The van der Waals surface area contributed by atoms with Crippen LogP contribution in [0.3, 0.4) is 0 Å². The number of nitrogens with zero attached hydrogens (tertiary/aromatic N) is 3. The molecule has 2 aromatic heterocycles. The first-order valence-corrected chi connectivity index (χ1v) is 8.23. The molecule has 49 heavy (non-hydrogen) atoms. The summed E-state index contributed by atoms with van der Waals surface area (Å²) in [6.07, 6.45) is 4.95. The second-order valence-corrected chi connectivity index (χ2v) is 6.08. The number of benzene rings is 2. The van der Waals surface area contributed by atoms with Crippen molar-refractivity contribution in [2.24, 2.45) is 5.10 Å². The summed E-state index contributed by atoms with van der Waals surface area (Å²) in [5.41, 5.74) is 8.32. The third-order valence-electron chi connectivity index (χ3n) is 4.51. The Kier molecular flexibility index (Phi) is 233. The molecule has 1 aliphatic rings. The van der Waals surface area contributed by atoms with E-state index in [1.165, 1.54) is 0 Å². The molecule has 0 spiro atoms. The Balaban J connectivity index is -0.0000000195. The van der Waals surface area contributed by atoms with Gasteiger partial charge in [0.15, 0.2) is 0 Å². The molecule has 3 heterocycles. The van der Waals surface area contributed by atoms with E-state index in [4.69, 9.17) is 4.98 Å². The zero-order chi connectivity index (χ0) is 16.6. The van der Waals surface area contributed by atoms with E-state index in [1.54, 1.807) is 0 Å². The van der Waals surface area contributed by atoms with Gasteiger partial charge >= 0.3 is 0 Å². The van der Waals surface area contributed by atoms with Crippen molar-refractivity contribution in [2.45, 2.75) is 5.92 Å². The van der Waals surface area contributed by atoms with Gasteiger partial charge < -0.3 is 21.3 Å².